The zero-order valence-corrected chi connectivity index (χ0v) is 10.1. The zero-order chi connectivity index (χ0) is 12.8. The monoisotopic (exact) mass is 245 g/mol. The van der Waals surface area contributed by atoms with E-state index >= 15 is 0 Å². The van der Waals surface area contributed by atoms with Gasteiger partial charge in [-0.15, -0.1) is 0 Å². The SMILES string of the molecule is NCCCOc1ccccc1-c1cccc(F)c1. The molecule has 0 spiro atoms. The smallest absolute Gasteiger partial charge is 0.127 e. The Morgan fingerprint density at radius 3 is 2.67 bits per heavy atom. The average molecular weight is 245 g/mol. The van der Waals surface area contributed by atoms with Crippen molar-refractivity contribution in [1.82, 2.24) is 0 Å². The van der Waals surface area contributed by atoms with E-state index in [2.05, 4.69) is 0 Å². The molecule has 2 nitrogen and oxygen atoms in total. The summed E-state index contributed by atoms with van der Waals surface area (Å²) in [4.78, 5) is 0. The summed E-state index contributed by atoms with van der Waals surface area (Å²) in [5, 5.41) is 0. The molecule has 2 aromatic rings. The van der Waals surface area contributed by atoms with Crippen LogP contribution in [0.2, 0.25) is 0 Å². The number of rotatable bonds is 5. The third-order valence-corrected chi connectivity index (χ3v) is 2.63. The molecule has 2 rings (SSSR count). The third kappa shape index (κ3) is 3.08. The van der Waals surface area contributed by atoms with Crippen LogP contribution < -0.4 is 10.5 Å². The minimum absolute atomic E-state index is 0.246. The van der Waals surface area contributed by atoms with E-state index < -0.39 is 0 Å². The van der Waals surface area contributed by atoms with Crippen LogP contribution in [0, 0.1) is 5.82 Å². The Hall–Kier alpha value is -1.87. The van der Waals surface area contributed by atoms with Gasteiger partial charge in [-0.3, -0.25) is 0 Å². The second-order valence-corrected chi connectivity index (χ2v) is 4.00. The fraction of sp³-hybridized carbons (Fsp3) is 0.200. The fourth-order valence-corrected chi connectivity index (χ4v) is 1.75. The van der Waals surface area contributed by atoms with Crippen LogP contribution in [0.3, 0.4) is 0 Å². The maximum absolute atomic E-state index is 13.2. The number of hydrogen-bond donors (Lipinski definition) is 1. The molecule has 0 saturated carbocycles. The topological polar surface area (TPSA) is 35.2 Å². The average Bonchev–Trinajstić information content (AvgIpc) is 2.40. The normalized spacial score (nSPS) is 10.3. The van der Waals surface area contributed by atoms with Crippen LogP contribution in [-0.2, 0) is 0 Å². The van der Waals surface area contributed by atoms with Gasteiger partial charge < -0.3 is 10.5 Å². The van der Waals surface area contributed by atoms with Crippen LogP contribution in [0.4, 0.5) is 4.39 Å². The quantitative estimate of drug-likeness (QED) is 0.821. The molecule has 94 valence electrons. The first-order chi connectivity index (χ1) is 8.81. The van der Waals surface area contributed by atoms with Gasteiger partial charge in [-0.25, -0.2) is 4.39 Å². The lowest BCUT2D eigenvalue weighted by Gasteiger charge is -2.11. The molecule has 0 aliphatic heterocycles. The van der Waals surface area contributed by atoms with Gasteiger partial charge in [0.2, 0.25) is 0 Å². The Morgan fingerprint density at radius 1 is 1.06 bits per heavy atom. The molecule has 0 fully saturated rings. The molecule has 2 aromatic carbocycles. The molecule has 0 saturated heterocycles. The van der Waals surface area contributed by atoms with Crippen molar-refractivity contribution in [3.63, 3.8) is 0 Å². The predicted molar refractivity (Wildman–Crippen MR) is 71.0 cm³/mol. The minimum atomic E-state index is -0.246. The first-order valence-corrected chi connectivity index (χ1v) is 5.99. The Kier molecular flexibility index (Phi) is 4.31. The van der Waals surface area contributed by atoms with Crippen LogP contribution in [0.5, 0.6) is 5.75 Å². The van der Waals surface area contributed by atoms with Gasteiger partial charge in [-0.1, -0.05) is 30.3 Å². The highest BCUT2D eigenvalue weighted by Gasteiger charge is 2.06. The summed E-state index contributed by atoms with van der Waals surface area (Å²) in [6.07, 6.45) is 0.803. The molecule has 0 atom stereocenters. The summed E-state index contributed by atoms with van der Waals surface area (Å²) in [6.45, 7) is 1.17. The van der Waals surface area contributed by atoms with Crippen molar-refractivity contribution in [2.24, 2.45) is 5.73 Å². The maximum Gasteiger partial charge on any atom is 0.127 e. The van der Waals surface area contributed by atoms with Gasteiger partial charge in [-0.05, 0) is 36.7 Å². The number of nitrogens with two attached hydrogens (primary N) is 1. The van der Waals surface area contributed by atoms with Crippen molar-refractivity contribution in [1.29, 1.82) is 0 Å². The standard InChI is InChI=1S/C15H16FNO/c16-13-6-3-5-12(11-13)14-7-1-2-8-15(14)18-10-4-9-17/h1-3,5-8,11H,4,9-10,17H2. The molecule has 18 heavy (non-hydrogen) atoms. The van der Waals surface area contributed by atoms with Crippen molar-refractivity contribution in [2.45, 2.75) is 6.42 Å². The number of halogens is 1. The Morgan fingerprint density at radius 2 is 1.89 bits per heavy atom. The van der Waals surface area contributed by atoms with Crippen LogP contribution in [0.15, 0.2) is 48.5 Å². The van der Waals surface area contributed by atoms with Crippen molar-refractivity contribution in [2.75, 3.05) is 13.2 Å². The van der Waals surface area contributed by atoms with Gasteiger partial charge in [0.15, 0.2) is 0 Å². The first kappa shape index (κ1) is 12.6. The van der Waals surface area contributed by atoms with Crippen molar-refractivity contribution in [3.05, 3.63) is 54.3 Å². The van der Waals surface area contributed by atoms with Gasteiger partial charge >= 0.3 is 0 Å². The van der Waals surface area contributed by atoms with Gasteiger partial charge in [0.1, 0.15) is 11.6 Å². The van der Waals surface area contributed by atoms with E-state index in [1.807, 2.05) is 30.3 Å². The Bertz CT molecular complexity index is 513. The lowest BCUT2D eigenvalue weighted by atomic mass is 10.0. The van der Waals surface area contributed by atoms with E-state index in [1.54, 1.807) is 6.07 Å². The first-order valence-electron chi connectivity index (χ1n) is 5.99. The zero-order valence-electron chi connectivity index (χ0n) is 10.1. The molecule has 0 aliphatic rings. The molecule has 3 heteroatoms. The van der Waals surface area contributed by atoms with Crippen LogP contribution in [0.25, 0.3) is 11.1 Å². The summed E-state index contributed by atoms with van der Waals surface area (Å²) < 4.78 is 18.9. The molecule has 0 radical (unpaired) electrons. The second kappa shape index (κ2) is 6.17. The van der Waals surface area contributed by atoms with Crippen LogP contribution in [0.1, 0.15) is 6.42 Å². The number of benzene rings is 2. The highest BCUT2D eigenvalue weighted by atomic mass is 19.1. The molecular formula is C15H16FNO. The highest BCUT2D eigenvalue weighted by Crippen LogP contribution is 2.30. The van der Waals surface area contributed by atoms with Crippen LogP contribution in [-0.4, -0.2) is 13.2 Å². The van der Waals surface area contributed by atoms with Gasteiger partial charge in [0.05, 0.1) is 6.61 Å². The van der Waals surface area contributed by atoms with Crippen molar-refractivity contribution >= 4 is 0 Å². The number of ether oxygens (including phenoxy) is 1. The molecule has 0 amide bonds. The number of para-hydroxylation sites is 1. The molecular weight excluding hydrogens is 229 g/mol. The fourth-order valence-electron chi connectivity index (χ4n) is 1.75. The molecule has 0 aromatic heterocycles. The van der Waals surface area contributed by atoms with Crippen molar-refractivity contribution < 1.29 is 9.13 Å². The van der Waals surface area contributed by atoms with E-state index in [4.69, 9.17) is 10.5 Å². The minimum Gasteiger partial charge on any atom is -0.493 e. The van der Waals surface area contributed by atoms with E-state index in [-0.39, 0.29) is 5.82 Å². The van der Waals surface area contributed by atoms with Gasteiger partial charge in [0, 0.05) is 5.56 Å². The van der Waals surface area contributed by atoms with E-state index in [1.165, 1.54) is 12.1 Å². The number of hydrogen-bond acceptors (Lipinski definition) is 2. The predicted octanol–water partition coefficient (Wildman–Crippen LogP) is 3.22. The summed E-state index contributed by atoms with van der Waals surface area (Å²) >= 11 is 0. The molecule has 0 bridgehead atoms. The van der Waals surface area contributed by atoms with Crippen molar-refractivity contribution in [3.8, 4) is 16.9 Å². The Balaban J connectivity index is 2.27. The summed E-state index contributed by atoms with van der Waals surface area (Å²) in [5.74, 6) is 0.515. The van der Waals surface area contributed by atoms with Gasteiger partial charge in [0.25, 0.3) is 0 Å². The summed E-state index contributed by atoms with van der Waals surface area (Å²) in [5.41, 5.74) is 7.15. The molecule has 0 unspecified atom stereocenters. The lowest BCUT2D eigenvalue weighted by molar-refractivity contribution is 0.314. The van der Waals surface area contributed by atoms with E-state index in [0.29, 0.717) is 13.2 Å². The van der Waals surface area contributed by atoms with E-state index in [0.717, 1.165) is 23.3 Å². The highest BCUT2D eigenvalue weighted by molar-refractivity contribution is 5.70. The lowest BCUT2D eigenvalue weighted by Crippen LogP contribution is -2.06. The van der Waals surface area contributed by atoms with Gasteiger partial charge in [-0.2, -0.15) is 0 Å². The summed E-state index contributed by atoms with van der Waals surface area (Å²) in [7, 11) is 0. The molecule has 2 N–H and O–H groups in total. The molecule has 0 aliphatic carbocycles. The third-order valence-electron chi connectivity index (χ3n) is 2.63. The second-order valence-electron chi connectivity index (χ2n) is 4.00. The van der Waals surface area contributed by atoms with Crippen LogP contribution >= 0.6 is 0 Å². The molecule has 0 heterocycles. The Labute approximate surface area is 106 Å². The largest absolute Gasteiger partial charge is 0.493 e. The maximum atomic E-state index is 13.2. The summed E-state index contributed by atoms with van der Waals surface area (Å²) in [6, 6.07) is 14.1. The van der Waals surface area contributed by atoms with E-state index in [9.17, 15) is 4.39 Å².